The molecule has 22 heavy (non-hydrogen) atoms. The van der Waals surface area contributed by atoms with Gasteiger partial charge in [0.05, 0.1) is 12.7 Å². The summed E-state index contributed by atoms with van der Waals surface area (Å²) in [7, 11) is 1.48. The highest BCUT2D eigenvalue weighted by Crippen LogP contribution is 2.54. The Bertz CT molecular complexity index is 564. The molecule has 2 nitrogen and oxygen atoms in total. The molecule has 0 aromatic carbocycles. The van der Waals surface area contributed by atoms with E-state index in [4.69, 9.17) is 4.74 Å². The van der Waals surface area contributed by atoms with Crippen LogP contribution in [0.4, 0.5) is 0 Å². The average molecular weight is 300 g/mol. The molecule has 0 heterocycles. The van der Waals surface area contributed by atoms with Crippen LogP contribution in [0.15, 0.2) is 34.9 Å². The Morgan fingerprint density at radius 2 is 2.09 bits per heavy atom. The van der Waals surface area contributed by atoms with Gasteiger partial charge in [-0.05, 0) is 66.4 Å². The van der Waals surface area contributed by atoms with E-state index in [0.717, 1.165) is 17.9 Å². The summed E-state index contributed by atoms with van der Waals surface area (Å²) in [5, 5.41) is 0. The highest BCUT2D eigenvalue weighted by molar-refractivity contribution is 5.94. The van der Waals surface area contributed by atoms with E-state index >= 15 is 0 Å². The van der Waals surface area contributed by atoms with Crippen LogP contribution in [0.2, 0.25) is 0 Å². The Morgan fingerprint density at radius 1 is 1.32 bits per heavy atom. The average Bonchev–Trinajstić information content (AvgIpc) is 2.75. The monoisotopic (exact) mass is 300 g/mol. The van der Waals surface area contributed by atoms with E-state index in [1.54, 1.807) is 0 Å². The Morgan fingerprint density at radius 3 is 2.77 bits per heavy atom. The van der Waals surface area contributed by atoms with Crippen LogP contribution in [0.25, 0.3) is 0 Å². The van der Waals surface area contributed by atoms with Crippen molar-refractivity contribution in [2.45, 2.75) is 52.9 Å². The second-order valence-corrected chi connectivity index (χ2v) is 7.69. The zero-order chi connectivity index (χ0) is 15.9. The van der Waals surface area contributed by atoms with Crippen LogP contribution in [-0.4, -0.2) is 13.1 Å². The summed E-state index contributed by atoms with van der Waals surface area (Å²) < 4.78 is 5.01. The molecular weight excluding hydrogens is 272 g/mol. The van der Waals surface area contributed by atoms with Gasteiger partial charge in [-0.25, -0.2) is 4.79 Å². The minimum absolute atomic E-state index is 0.168. The third-order valence-electron chi connectivity index (χ3n) is 6.22. The quantitative estimate of drug-likeness (QED) is 0.683. The summed E-state index contributed by atoms with van der Waals surface area (Å²) >= 11 is 0. The van der Waals surface area contributed by atoms with Crippen molar-refractivity contribution in [2.24, 2.45) is 23.2 Å². The lowest BCUT2D eigenvalue weighted by Gasteiger charge is -2.36. The lowest BCUT2D eigenvalue weighted by Crippen LogP contribution is -2.28. The molecule has 2 heteroatoms. The van der Waals surface area contributed by atoms with E-state index in [-0.39, 0.29) is 11.4 Å². The zero-order valence-electron chi connectivity index (χ0n) is 14.3. The standard InChI is InChI=1S/C20H28O2/c1-13(2)18-9-8-15-12-17-14(10-11-20(15,18)3)6-5-7-16(17)19(21)22-4/h7-8,12-14,18H,5-6,9-11H2,1-4H3/t14?,18-,20+/m1/s1. The summed E-state index contributed by atoms with van der Waals surface area (Å²) in [6, 6.07) is 0. The predicted molar refractivity (Wildman–Crippen MR) is 89.3 cm³/mol. The number of carbonyl (C=O) groups is 1. The molecule has 0 bridgehead atoms. The van der Waals surface area contributed by atoms with Gasteiger partial charge in [0.25, 0.3) is 0 Å². The first kappa shape index (κ1) is 15.6. The summed E-state index contributed by atoms with van der Waals surface area (Å²) in [5.41, 5.74) is 3.79. The van der Waals surface area contributed by atoms with Crippen LogP contribution in [0, 0.1) is 23.2 Å². The number of methoxy groups -OCH3 is 1. The van der Waals surface area contributed by atoms with E-state index in [0.29, 0.717) is 11.8 Å². The molecule has 0 fully saturated rings. The number of hydrogen-bond donors (Lipinski definition) is 0. The number of ether oxygens (including phenoxy) is 1. The Hall–Kier alpha value is -1.31. The van der Waals surface area contributed by atoms with E-state index < -0.39 is 0 Å². The fourth-order valence-electron chi connectivity index (χ4n) is 4.89. The van der Waals surface area contributed by atoms with Crippen molar-refractivity contribution < 1.29 is 9.53 Å². The fourth-order valence-corrected chi connectivity index (χ4v) is 4.89. The van der Waals surface area contributed by atoms with Crippen molar-refractivity contribution in [1.82, 2.24) is 0 Å². The first-order valence-electron chi connectivity index (χ1n) is 8.68. The van der Waals surface area contributed by atoms with Gasteiger partial charge in [0.1, 0.15) is 0 Å². The highest BCUT2D eigenvalue weighted by atomic mass is 16.5. The molecule has 0 aliphatic heterocycles. The van der Waals surface area contributed by atoms with Gasteiger partial charge in [-0.15, -0.1) is 0 Å². The normalized spacial score (nSPS) is 34.1. The molecule has 3 aliphatic carbocycles. The maximum atomic E-state index is 12.1. The molecule has 0 aromatic rings. The van der Waals surface area contributed by atoms with Gasteiger partial charge >= 0.3 is 5.97 Å². The molecule has 1 unspecified atom stereocenters. The van der Waals surface area contributed by atoms with E-state index in [9.17, 15) is 4.79 Å². The van der Waals surface area contributed by atoms with Crippen molar-refractivity contribution in [1.29, 1.82) is 0 Å². The summed E-state index contributed by atoms with van der Waals surface area (Å²) in [4.78, 5) is 12.1. The lowest BCUT2D eigenvalue weighted by molar-refractivity contribution is -0.135. The number of carbonyl (C=O) groups excluding carboxylic acids is 1. The Labute approximate surface area is 134 Å². The van der Waals surface area contributed by atoms with Crippen LogP contribution in [-0.2, 0) is 9.53 Å². The van der Waals surface area contributed by atoms with Gasteiger partial charge in [-0.1, -0.05) is 39.0 Å². The van der Waals surface area contributed by atoms with Crippen LogP contribution in [0.5, 0.6) is 0 Å². The minimum Gasteiger partial charge on any atom is -0.465 e. The van der Waals surface area contributed by atoms with Crippen molar-refractivity contribution in [3.05, 3.63) is 34.9 Å². The van der Waals surface area contributed by atoms with E-state index in [2.05, 4.69) is 39.0 Å². The molecule has 0 radical (unpaired) electrons. The van der Waals surface area contributed by atoms with Gasteiger partial charge in [-0.3, -0.25) is 0 Å². The summed E-state index contributed by atoms with van der Waals surface area (Å²) in [6.45, 7) is 7.13. The van der Waals surface area contributed by atoms with Gasteiger partial charge in [-0.2, -0.15) is 0 Å². The van der Waals surface area contributed by atoms with Crippen molar-refractivity contribution >= 4 is 5.97 Å². The molecule has 0 spiro atoms. The van der Waals surface area contributed by atoms with E-state index in [1.165, 1.54) is 43.9 Å². The number of rotatable bonds is 2. The van der Waals surface area contributed by atoms with Gasteiger partial charge in [0, 0.05) is 0 Å². The number of allylic oxidation sites excluding steroid dienone is 4. The van der Waals surface area contributed by atoms with Crippen LogP contribution in [0.1, 0.15) is 52.9 Å². The smallest absolute Gasteiger partial charge is 0.337 e. The molecule has 0 aromatic heterocycles. The minimum atomic E-state index is -0.168. The second kappa shape index (κ2) is 5.72. The van der Waals surface area contributed by atoms with Gasteiger partial charge in [0.2, 0.25) is 0 Å². The van der Waals surface area contributed by atoms with Crippen molar-refractivity contribution in [2.75, 3.05) is 7.11 Å². The van der Waals surface area contributed by atoms with Gasteiger partial charge < -0.3 is 4.74 Å². The molecule has 3 rings (SSSR count). The molecule has 0 saturated carbocycles. The SMILES string of the molecule is COC(=O)C1=CCCC2CC[C@@]3(C)C(=CC[C@@H]3C(C)C)C=C12. The molecule has 3 atom stereocenters. The highest BCUT2D eigenvalue weighted by Gasteiger charge is 2.44. The van der Waals surface area contributed by atoms with Crippen molar-refractivity contribution in [3.63, 3.8) is 0 Å². The van der Waals surface area contributed by atoms with Crippen LogP contribution in [0.3, 0.4) is 0 Å². The molecular formula is C20H28O2. The first-order valence-corrected chi connectivity index (χ1v) is 8.68. The second-order valence-electron chi connectivity index (χ2n) is 7.69. The molecule has 0 saturated heterocycles. The van der Waals surface area contributed by atoms with Gasteiger partial charge in [0.15, 0.2) is 0 Å². The zero-order valence-corrected chi connectivity index (χ0v) is 14.3. The summed E-state index contributed by atoms with van der Waals surface area (Å²) in [5.74, 6) is 1.78. The van der Waals surface area contributed by atoms with Crippen molar-refractivity contribution in [3.8, 4) is 0 Å². The topological polar surface area (TPSA) is 26.3 Å². The third-order valence-corrected chi connectivity index (χ3v) is 6.22. The summed E-state index contributed by atoms with van der Waals surface area (Å²) in [6.07, 6.45) is 12.6. The Balaban J connectivity index is 2.00. The maximum Gasteiger partial charge on any atom is 0.337 e. The number of hydrogen-bond acceptors (Lipinski definition) is 2. The molecule has 0 amide bonds. The first-order chi connectivity index (χ1) is 10.5. The largest absolute Gasteiger partial charge is 0.465 e. The third kappa shape index (κ3) is 2.37. The maximum absolute atomic E-state index is 12.1. The molecule has 120 valence electrons. The predicted octanol–water partition coefficient (Wildman–Crippen LogP) is 4.82. The van der Waals surface area contributed by atoms with Crippen LogP contribution >= 0.6 is 0 Å². The lowest BCUT2D eigenvalue weighted by atomic mass is 9.68. The molecule has 3 aliphatic rings. The van der Waals surface area contributed by atoms with Crippen LogP contribution < -0.4 is 0 Å². The Kier molecular flexibility index (Phi) is 4.05. The fraction of sp³-hybridized carbons (Fsp3) is 0.650. The number of esters is 1. The molecule has 0 N–H and O–H groups in total. The number of fused-ring (bicyclic) bond motifs is 2. The van der Waals surface area contributed by atoms with E-state index in [1.807, 2.05) is 0 Å².